The molecule has 1 N–H and O–H groups in total. The molecule has 20 heavy (non-hydrogen) atoms. The summed E-state index contributed by atoms with van der Waals surface area (Å²) in [5.41, 5.74) is 1.45. The Bertz CT molecular complexity index is 363. The van der Waals surface area contributed by atoms with Crippen molar-refractivity contribution in [3.05, 3.63) is 35.9 Å². The Morgan fingerprint density at radius 2 is 2.00 bits per heavy atom. The van der Waals surface area contributed by atoms with E-state index in [-0.39, 0.29) is 0 Å². The lowest BCUT2D eigenvalue weighted by Crippen LogP contribution is -2.39. The maximum Gasteiger partial charge on any atom is 0.0233 e. The Morgan fingerprint density at radius 3 is 2.75 bits per heavy atom. The van der Waals surface area contributed by atoms with E-state index < -0.39 is 0 Å². The maximum absolute atomic E-state index is 3.25. The SMILES string of the molecule is CNCCCCC1CN(Cc2ccccc2)CCC1C. The molecule has 2 unspecified atom stereocenters. The Labute approximate surface area is 124 Å². The van der Waals surface area contributed by atoms with Crippen molar-refractivity contribution < 1.29 is 0 Å². The van der Waals surface area contributed by atoms with Crippen molar-refractivity contribution in [2.24, 2.45) is 11.8 Å². The third-order valence-electron chi connectivity index (χ3n) is 4.70. The fourth-order valence-corrected chi connectivity index (χ4v) is 3.29. The van der Waals surface area contributed by atoms with Crippen molar-refractivity contribution in [3.8, 4) is 0 Å². The molecule has 1 aromatic rings. The van der Waals surface area contributed by atoms with Gasteiger partial charge in [0.1, 0.15) is 0 Å². The van der Waals surface area contributed by atoms with Gasteiger partial charge in [-0.2, -0.15) is 0 Å². The third kappa shape index (κ3) is 4.92. The van der Waals surface area contributed by atoms with E-state index in [2.05, 4.69) is 47.5 Å². The van der Waals surface area contributed by atoms with Gasteiger partial charge in [-0.1, -0.05) is 43.7 Å². The lowest BCUT2D eigenvalue weighted by atomic mass is 9.83. The number of rotatable bonds is 7. The largest absolute Gasteiger partial charge is 0.320 e. The van der Waals surface area contributed by atoms with E-state index in [9.17, 15) is 0 Å². The molecule has 0 bridgehead atoms. The van der Waals surface area contributed by atoms with Gasteiger partial charge in [0.25, 0.3) is 0 Å². The minimum Gasteiger partial charge on any atom is -0.320 e. The molecule has 0 saturated carbocycles. The number of nitrogens with one attached hydrogen (secondary N) is 1. The number of unbranched alkanes of at least 4 members (excludes halogenated alkanes) is 1. The van der Waals surface area contributed by atoms with Crippen molar-refractivity contribution in [1.29, 1.82) is 0 Å². The van der Waals surface area contributed by atoms with E-state index in [1.54, 1.807) is 0 Å². The summed E-state index contributed by atoms with van der Waals surface area (Å²) in [4.78, 5) is 2.65. The molecular weight excluding hydrogens is 244 g/mol. The van der Waals surface area contributed by atoms with Crippen LogP contribution >= 0.6 is 0 Å². The second-order valence-corrected chi connectivity index (χ2v) is 6.35. The molecule has 2 atom stereocenters. The van der Waals surface area contributed by atoms with Crippen LogP contribution in [0.3, 0.4) is 0 Å². The van der Waals surface area contributed by atoms with E-state index in [4.69, 9.17) is 0 Å². The molecule has 1 aromatic carbocycles. The predicted octanol–water partition coefficient (Wildman–Crippen LogP) is 3.53. The Morgan fingerprint density at radius 1 is 1.20 bits per heavy atom. The molecule has 0 spiro atoms. The second-order valence-electron chi connectivity index (χ2n) is 6.35. The van der Waals surface area contributed by atoms with Gasteiger partial charge in [-0.25, -0.2) is 0 Å². The smallest absolute Gasteiger partial charge is 0.0233 e. The summed E-state index contributed by atoms with van der Waals surface area (Å²) in [6, 6.07) is 10.9. The van der Waals surface area contributed by atoms with Gasteiger partial charge in [0.15, 0.2) is 0 Å². The molecule has 0 amide bonds. The lowest BCUT2D eigenvalue weighted by Gasteiger charge is -2.37. The van der Waals surface area contributed by atoms with Crippen molar-refractivity contribution in [2.45, 2.75) is 39.2 Å². The van der Waals surface area contributed by atoms with Crippen LogP contribution < -0.4 is 5.32 Å². The monoisotopic (exact) mass is 274 g/mol. The molecule has 1 aliphatic heterocycles. The summed E-state index contributed by atoms with van der Waals surface area (Å²) in [6.45, 7) is 7.29. The van der Waals surface area contributed by atoms with E-state index in [0.717, 1.165) is 24.9 Å². The van der Waals surface area contributed by atoms with Crippen molar-refractivity contribution in [2.75, 3.05) is 26.7 Å². The summed E-state index contributed by atoms with van der Waals surface area (Å²) in [5.74, 6) is 1.79. The van der Waals surface area contributed by atoms with Gasteiger partial charge in [-0.15, -0.1) is 0 Å². The summed E-state index contributed by atoms with van der Waals surface area (Å²) in [5, 5.41) is 3.25. The molecule has 112 valence electrons. The van der Waals surface area contributed by atoms with Gasteiger partial charge < -0.3 is 5.32 Å². The summed E-state index contributed by atoms with van der Waals surface area (Å²) in [7, 11) is 2.05. The minimum atomic E-state index is 0.893. The first-order valence-electron chi connectivity index (χ1n) is 8.20. The van der Waals surface area contributed by atoms with Crippen LogP contribution in [0.15, 0.2) is 30.3 Å². The number of likely N-dealkylation sites (tertiary alicyclic amines) is 1. The predicted molar refractivity (Wildman–Crippen MR) is 86.8 cm³/mol. The average molecular weight is 274 g/mol. The number of hydrogen-bond donors (Lipinski definition) is 1. The molecule has 2 nitrogen and oxygen atoms in total. The van der Waals surface area contributed by atoms with Gasteiger partial charge in [0, 0.05) is 13.1 Å². The zero-order valence-electron chi connectivity index (χ0n) is 13.1. The molecule has 1 saturated heterocycles. The number of benzene rings is 1. The third-order valence-corrected chi connectivity index (χ3v) is 4.70. The number of piperidine rings is 1. The summed E-state index contributed by atoms with van der Waals surface area (Å²) < 4.78 is 0. The number of nitrogens with zero attached hydrogens (tertiary/aromatic N) is 1. The highest BCUT2D eigenvalue weighted by atomic mass is 15.1. The lowest BCUT2D eigenvalue weighted by molar-refractivity contribution is 0.114. The molecule has 2 rings (SSSR count). The highest BCUT2D eigenvalue weighted by Gasteiger charge is 2.25. The van der Waals surface area contributed by atoms with Crippen LogP contribution in [0, 0.1) is 11.8 Å². The van der Waals surface area contributed by atoms with Gasteiger partial charge in [0.05, 0.1) is 0 Å². The number of hydrogen-bond acceptors (Lipinski definition) is 2. The van der Waals surface area contributed by atoms with E-state index in [1.807, 2.05) is 7.05 Å². The molecule has 0 aliphatic carbocycles. The fraction of sp³-hybridized carbons (Fsp3) is 0.667. The van der Waals surface area contributed by atoms with E-state index >= 15 is 0 Å². The van der Waals surface area contributed by atoms with Gasteiger partial charge in [0.2, 0.25) is 0 Å². The van der Waals surface area contributed by atoms with Crippen LogP contribution in [0.5, 0.6) is 0 Å². The molecule has 1 fully saturated rings. The minimum absolute atomic E-state index is 0.893. The van der Waals surface area contributed by atoms with Crippen molar-refractivity contribution in [3.63, 3.8) is 0 Å². The quantitative estimate of drug-likeness (QED) is 0.765. The highest BCUT2D eigenvalue weighted by molar-refractivity contribution is 5.14. The van der Waals surface area contributed by atoms with E-state index in [1.165, 1.54) is 44.3 Å². The maximum atomic E-state index is 3.25. The van der Waals surface area contributed by atoms with Gasteiger partial charge >= 0.3 is 0 Å². The average Bonchev–Trinajstić information content (AvgIpc) is 2.48. The van der Waals surface area contributed by atoms with Crippen LogP contribution in [-0.4, -0.2) is 31.6 Å². The summed E-state index contributed by atoms with van der Waals surface area (Å²) in [6.07, 6.45) is 5.45. The zero-order chi connectivity index (χ0) is 14.2. The zero-order valence-corrected chi connectivity index (χ0v) is 13.1. The molecule has 0 aromatic heterocycles. The first-order chi connectivity index (χ1) is 9.79. The van der Waals surface area contributed by atoms with Gasteiger partial charge in [-0.3, -0.25) is 4.90 Å². The van der Waals surface area contributed by atoms with Crippen molar-refractivity contribution >= 4 is 0 Å². The Kier molecular flexibility index (Phi) is 6.55. The standard InChI is InChI=1S/C18H30N2/c1-16-11-13-20(14-17-8-4-3-5-9-17)15-18(16)10-6-7-12-19-2/h3-5,8-9,16,18-19H,6-7,10-15H2,1-2H3. The molecule has 2 heteroatoms. The molecule has 1 aliphatic rings. The normalized spacial score (nSPS) is 23.9. The molecule has 1 heterocycles. The van der Waals surface area contributed by atoms with Gasteiger partial charge in [-0.05, 0) is 56.8 Å². The van der Waals surface area contributed by atoms with Crippen LogP contribution in [0.25, 0.3) is 0 Å². The molecule has 0 radical (unpaired) electrons. The fourth-order valence-electron chi connectivity index (χ4n) is 3.29. The van der Waals surface area contributed by atoms with Crippen LogP contribution in [0.4, 0.5) is 0 Å². The molecular formula is C18H30N2. The topological polar surface area (TPSA) is 15.3 Å². The Hall–Kier alpha value is -0.860. The van der Waals surface area contributed by atoms with Crippen LogP contribution in [0.2, 0.25) is 0 Å². The van der Waals surface area contributed by atoms with Crippen molar-refractivity contribution in [1.82, 2.24) is 10.2 Å². The first-order valence-corrected chi connectivity index (χ1v) is 8.20. The Balaban J connectivity index is 1.78. The van der Waals surface area contributed by atoms with E-state index in [0.29, 0.717) is 0 Å². The van der Waals surface area contributed by atoms with Crippen LogP contribution in [0.1, 0.15) is 38.2 Å². The second kappa shape index (κ2) is 8.43. The first kappa shape index (κ1) is 15.5. The highest BCUT2D eigenvalue weighted by Crippen LogP contribution is 2.28. The van der Waals surface area contributed by atoms with Crippen LogP contribution in [-0.2, 0) is 6.54 Å². The summed E-state index contributed by atoms with van der Waals surface area (Å²) >= 11 is 0.